The van der Waals surface area contributed by atoms with Gasteiger partial charge in [0.25, 0.3) is 0 Å². The number of hydrogen-bond donors (Lipinski definition) is 1. The molecule has 0 amide bonds. The third-order valence-corrected chi connectivity index (χ3v) is 4.09. The van der Waals surface area contributed by atoms with Crippen LogP contribution in [0, 0.1) is 12.3 Å². The van der Waals surface area contributed by atoms with Gasteiger partial charge in [0, 0.05) is 13.6 Å². The Morgan fingerprint density at radius 1 is 1.50 bits per heavy atom. The van der Waals surface area contributed by atoms with E-state index in [1.165, 1.54) is 12.8 Å². The van der Waals surface area contributed by atoms with Crippen LogP contribution < -0.4 is 5.32 Å². The van der Waals surface area contributed by atoms with Crippen LogP contribution in [0.1, 0.15) is 31.4 Å². The standard InChI is InChI=1S/C16H19N3O/c1-3-16(8-4-5-9-16)17-12-13-11-14(18-19(13)2)15-7-6-10-20-15/h1,6-7,10-11,17H,4-5,8-9,12H2,2H3. The fourth-order valence-electron chi connectivity index (χ4n) is 2.83. The van der Waals surface area contributed by atoms with E-state index in [0.717, 1.165) is 36.5 Å². The summed E-state index contributed by atoms with van der Waals surface area (Å²) < 4.78 is 7.26. The Labute approximate surface area is 119 Å². The van der Waals surface area contributed by atoms with Gasteiger partial charge in [-0.2, -0.15) is 5.10 Å². The van der Waals surface area contributed by atoms with Crippen LogP contribution in [0.15, 0.2) is 28.9 Å². The predicted octanol–water partition coefficient (Wildman–Crippen LogP) is 2.72. The summed E-state index contributed by atoms with van der Waals surface area (Å²) in [6, 6.07) is 5.83. The van der Waals surface area contributed by atoms with Gasteiger partial charge in [-0.15, -0.1) is 6.42 Å². The number of nitrogens with zero attached hydrogens (tertiary/aromatic N) is 2. The Hall–Kier alpha value is -1.99. The first-order valence-corrected chi connectivity index (χ1v) is 7.02. The SMILES string of the molecule is C#CC1(NCc2cc(-c3ccco3)nn2C)CCCC1. The molecule has 1 aliphatic rings. The minimum absolute atomic E-state index is 0.130. The number of aromatic nitrogens is 2. The quantitative estimate of drug-likeness (QED) is 0.868. The number of terminal acetylenes is 1. The summed E-state index contributed by atoms with van der Waals surface area (Å²) in [5.41, 5.74) is 1.84. The van der Waals surface area contributed by atoms with Gasteiger partial charge in [0.15, 0.2) is 5.76 Å². The van der Waals surface area contributed by atoms with Crippen LogP contribution in [-0.4, -0.2) is 15.3 Å². The van der Waals surface area contributed by atoms with Gasteiger partial charge in [-0.25, -0.2) is 0 Å². The van der Waals surface area contributed by atoms with Crippen molar-refractivity contribution < 1.29 is 4.42 Å². The Morgan fingerprint density at radius 3 is 2.95 bits per heavy atom. The number of rotatable bonds is 4. The molecule has 4 nitrogen and oxygen atoms in total. The van der Waals surface area contributed by atoms with Crippen molar-refractivity contribution in [1.29, 1.82) is 0 Å². The normalized spacial score (nSPS) is 17.2. The van der Waals surface area contributed by atoms with Crippen molar-refractivity contribution in [1.82, 2.24) is 15.1 Å². The van der Waals surface area contributed by atoms with Crippen molar-refractivity contribution in [2.45, 2.75) is 37.8 Å². The van der Waals surface area contributed by atoms with Crippen LogP contribution in [0.3, 0.4) is 0 Å². The van der Waals surface area contributed by atoms with E-state index in [-0.39, 0.29) is 5.54 Å². The zero-order chi connectivity index (χ0) is 14.0. The molecule has 0 radical (unpaired) electrons. The molecule has 3 rings (SSSR count). The fraction of sp³-hybridized carbons (Fsp3) is 0.438. The van der Waals surface area contributed by atoms with Crippen molar-refractivity contribution in [3.63, 3.8) is 0 Å². The molecule has 0 atom stereocenters. The Balaban J connectivity index is 1.74. The van der Waals surface area contributed by atoms with E-state index in [1.807, 2.05) is 29.9 Å². The average molecular weight is 269 g/mol. The molecule has 1 aliphatic carbocycles. The first-order valence-electron chi connectivity index (χ1n) is 7.02. The largest absolute Gasteiger partial charge is 0.463 e. The monoisotopic (exact) mass is 269 g/mol. The second kappa shape index (κ2) is 5.18. The number of nitrogens with one attached hydrogen (secondary N) is 1. The lowest BCUT2D eigenvalue weighted by Gasteiger charge is -2.24. The Morgan fingerprint density at radius 2 is 2.30 bits per heavy atom. The molecule has 0 spiro atoms. The van der Waals surface area contributed by atoms with E-state index in [4.69, 9.17) is 10.8 Å². The molecule has 104 valence electrons. The molecule has 0 bridgehead atoms. The van der Waals surface area contributed by atoms with Crippen molar-refractivity contribution in [3.05, 3.63) is 30.2 Å². The van der Waals surface area contributed by atoms with Crippen LogP contribution >= 0.6 is 0 Å². The number of furan rings is 1. The third-order valence-electron chi connectivity index (χ3n) is 4.09. The van der Waals surface area contributed by atoms with Gasteiger partial charge in [-0.3, -0.25) is 10.00 Å². The molecule has 1 fully saturated rings. The van der Waals surface area contributed by atoms with E-state index in [9.17, 15) is 0 Å². The van der Waals surface area contributed by atoms with Crippen LogP contribution in [0.4, 0.5) is 0 Å². The second-order valence-electron chi connectivity index (χ2n) is 5.41. The molecular weight excluding hydrogens is 250 g/mol. The molecule has 20 heavy (non-hydrogen) atoms. The van der Waals surface area contributed by atoms with Crippen molar-refractivity contribution in [3.8, 4) is 23.8 Å². The minimum Gasteiger partial charge on any atom is -0.463 e. The summed E-state index contributed by atoms with van der Waals surface area (Å²) >= 11 is 0. The van der Waals surface area contributed by atoms with Crippen LogP contribution in [0.2, 0.25) is 0 Å². The molecular formula is C16H19N3O. The molecule has 0 unspecified atom stereocenters. The molecule has 4 heteroatoms. The number of hydrogen-bond acceptors (Lipinski definition) is 3. The number of aryl methyl sites for hydroxylation is 1. The summed E-state index contributed by atoms with van der Waals surface area (Å²) in [5, 5.41) is 8.01. The van der Waals surface area contributed by atoms with Crippen LogP contribution in [0.5, 0.6) is 0 Å². The van der Waals surface area contributed by atoms with Crippen molar-refractivity contribution >= 4 is 0 Å². The summed E-state index contributed by atoms with van der Waals surface area (Å²) in [7, 11) is 1.95. The molecule has 2 aromatic heterocycles. The predicted molar refractivity (Wildman–Crippen MR) is 77.8 cm³/mol. The van der Waals surface area contributed by atoms with Crippen LogP contribution in [0.25, 0.3) is 11.5 Å². The summed E-state index contributed by atoms with van der Waals surface area (Å²) in [6.45, 7) is 0.731. The maximum Gasteiger partial charge on any atom is 0.154 e. The molecule has 2 heterocycles. The van der Waals surface area contributed by atoms with Gasteiger partial charge < -0.3 is 4.42 Å². The minimum atomic E-state index is -0.130. The van der Waals surface area contributed by atoms with Gasteiger partial charge in [-0.05, 0) is 31.0 Å². The van der Waals surface area contributed by atoms with E-state index in [0.29, 0.717) is 0 Å². The van der Waals surface area contributed by atoms with E-state index < -0.39 is 0 Å². The molecule has 0 aliphatic heterocycles. The van der Waals surface area contributed by atoms with Gasteiger partial charge in [0.2, 0.25) is 0 Å². The fourth-order valence-corrected chi connectivity index (χ4v) is 2.83. The summed E-state index contributed by atoms with van der Waals surface area (Å²) in [5.74, 6) is 3.73. The maximum atomic E-state index is 5.70. The van der Waals surface area contributed by atoms with Gasteiger partial charge >= 0.3 is 0 Å². The van der Waals surface area contributed by atoms with Gasteiger partial charge in [-0.1, -0.05) is 18.8 Å². The Kier molecular flexibility index (Phi) is 3.37. The van der Waals surface area contributed by atoms with E-state index in [2.05, 4.69) is 16.3 Å². The smallest absolute Gasteiger partial charge is 0.154 e. The molecule has 1 saturated carbocycles. The Bertz CT molecular complexity index is 613. The molecule has 1 N–H and O–H groups in total. The summed E-state index contributed by atoms with van der Waals surface area (Å²) in [4.78, 5) is 0. The average Bonchev–Trinajstić information content (AvgIpc) is 3.18. The lowest BCUT2D eigenvalue weighted by Crippen LogP contribution is -2.40. The highest BCUT2D eigenvalue weighted by Gasteiger charge is 2.31. The zero-order valence-electron chi connectivity index (χ0n) is 11.7. The third kappa shape index (κ3) is 2.37. The van der Waals surface area contributed by atoms with E-state index in [1.54, 1.807) is 6.26 Å². The van der Waals surface area contributed by atoms with Gasteiger partial charge in [0.1, 0.15) is 5.69 Å². The zero-order valence-corrected chi connectivity index (χ0v) is 11.7. The first-order chi connectivity index (χ1) is 9.72. The van der Waals surface area contributed by atoms with Gasteiger partial charge in [0.05, 0.1) is 17.5 Å². The van der Waals surface area contributed by atoms with Crippen LogP contribution in [-0.2, 0) is 13.6 Å². The molecule has 0 aromatic carbocycles. The summed E-state index contributed by atoms with van der Waals surface area (Å²) in [6.07, 6.45) is 11.9. The maximum absolute atomic E-state index is 5.70. The highest BCUT2D eigenvalue weighted by molar-refractivity contribution is 5.52. The molecule has 0 saturated heterocycles. The van der Waals surface area contributed by atoms with E-state index >= 15 is 0 Å². The van der Waals surface area contributed by atoms with Crippen molar-refractivity contribution in [2.24, 2.45) is 7.05 Å². The lowest BCUT2D eigenvalue weighted by atomic mass is 9.99. The lowest BCUT2D eigenvalue weighted by molar-refractivity contribution is 0.418. The second-order valence-corrected chi connectivity index (χ2v) is 5.41. The highest BCUT2D eigenvalue weighted by Crippen LogP contribution is 2.29. The highest BCUT2D eigenvalue weighted by atomic mass is 16.3. The first kappa shape index (κ1) is 13.0. The van der Waals surface area contributed by atoms with Crippen molar-refractivity contribution in [2.75, 3.05) is 0 Å². The topological polar surface area (TPSA) is 43.0 Å². The molecule has 2 aromatic rings.